The van der Waals surface area contributed by atoms with Crippen molar-refractivity contribution >= 4 is 17.7 Å². The number of benzene rings is 1. The van der Waals surface area contributed by atoms with Crippen LogP contribution in [0.25, 0.3) is 6.08 Å². The maximum Gasteiger partial charge on any atom is 0.328 e. The Morgan fingerprint density at radius 3 is 2.95 bits per heavy atom. The van der Waals surface area contributed by atoms with Crippen molar-refractivity contribution in [2.45, 2.75) is 19.4 Å². The van der Waals surface area contributed by atoms with Crippen LogP contribution in [0, 0.1) is 11.7 Å². The first-order valence-electron chi connectivity index (χ1n) is 7.00. The van der Waals surface area contributed by atoms with Crippen LogP contribution in [-0.4, -0.2) is 37.4 Å². The lowest BCUT2D eigenvalue weighted by molar-refractivity contribution is -0.131. The van der Waals surface area contributed by atoms with E-state index in [4.69, 9.17) is 9.84 Å². The van der Waals surface area contributed by atoms with Gasteiger partial charge in [0.2, 0.25) is 0 Å². The van der Waals surface area contributed by atoms with Crippen molar-refractivity contribution in [3.05, 3.63) is 35.7 Å². The fraction of sp³-hybridized carbons (Fsp3) is 0.438. The molecule has 0 aliphatic carbocycles. The van der Waals surface area contributed by atoms with E-state index in [1.807, 2.05) is 6.07 Å². The molecule has 21 heavy (non-hydrogen) atoms. The van der Waals surface area contributed by atoms with E-state index in [-0.39, 0.29) is 6.10 Å². The zero-order valence-corrected chi connectivity index (χ0v) is 12.3. The Morgan fingerprint density at radius 1 is 1.52 bits per heavy atom. The van der Waals surface area contributed by atoms with Gasteiger partial charge in [-0.25, -0.2) is 9.18 Å². The van der Waals surface area contributed by atoms with Crippen LogP contribution in [0.4, 0.5) is 10.1 Å². The van der Waals surface area contributed by atoms with Crippen molar-refractivity contribution in [2.24, 2.45) is 5.92 Å². The molecule has 1 fully saturated rings. The number of ether oxygens (including phenoxy) is 1. The molecule has 1 aliphatic rings. The van der Waals surface area contributed by atoms with E-state index in [2.05, 4.69) is 11.8 Å². The average Bonchev–Trinajstić information content (AvgIpc) is 2.46. The monoisotopic (exact) mass is 293 g/mol. The number of halogens is 1. The lowest BCUT2D eigenvalue weighted by Gasteiger charge is -2.38. The second kappa shape index (κ2) is 6.72. The van der Waals surface area contributed by atoms with Crippen LogP contribution in [0.1, 0.15) is 18.9 Å². The number of aliphatic carboxylic acids is 1. The molecule has 1 heterocycles. The number of anilines is 1. The predicted octanol–water partition coefficient (Wildman–Crippen LogP) is 2.78. The van der Waals surface area contributed by atoms with Gasteiger partial charge in [-0.3, -0.25) is 0 Å². The van der Waals surface area contributed by atoms with Crippen LogP contribution < -0.4 is 4.90 Å². The number of carbonyl (C=O) groups is 1. The third-order valence-electron chi connectivity index (χ3n) is 3.96. The summed E-state index contributed by atoms with van der Waals surface area (Å²) in [6.07, 6.45) is 3.32. The van der Waals surface area contributed by atoms with Gasteiger partial charge in [-0.1, -0.05) is 13.0 Å². The van der Waals surface area contributed by atoms with Crippen molar-refractivity contribution in [3.8, 4) is 0 Å². The van der Waals surface area contributed by atoms with Gasteiger partial charge >= 0.3 is 5.97 Å². The van der Waals surface area contributed by atoms with Gasteiger partial charge in [-0.15, -0.1) is 0 Å². The third kappa shape index (κ3) is 3.61. The summed E-state index contributed by atoms with van der Waals surface area (Å²) >= 11 is 0. The standard InChI is InChI=1S/C16H20FNO3/c1-11-8-9-18(10-15(11)21-2)14-5-3-4-13(17)12(14)6-7-16(19)20/h3-7,11,15H,8-10H2,1-2H3,(H,19,20)/b7-6+. The quantitative estimate of drug-likeness (QED) is 0.867. The molecule has 0 spiro atoms. The van der Waals surface area contributed by atoms with Gasteiger partial charge in [-0.05, 0) is 30.5 Å². The summed E-state index contributed by atoms with van der Waals surface area (Å²) in [7, 11) is 1.68. The molecule has 0 saturated carbocycles. The SMILES string of the molecule is COC1CN(c2cccc(F)c2/C=C/C(=O)O)CCC1C. The van der Waals surface area contributed by atoms with Gasteiger partial charge in [-0.2, -0.15) is 0 Å². The number of carboxylic acids is 1. The van der Waals surface area contributed by atoms with E-state index < -0.39 is 11.8 Å². The lowest BCUT2D eigenvalue weighted by atomic mass is 9.94. The van der Waals surface area contributed by atoms with Crippen LogP contribution >= 0.6 is 0 Å². The molecule has 0 amide bonds. The highest BCUT2D eigenvalue weighted by atomic mass is 19.1. The predicted molar refractivity (Wildman–Crippen MR) is 79.9 cm³/mol. The minimum atomic E-state index is -1.09. The molecule has 4 nitrogen and oxygen atoms in total. The van der Waals surface area contributed by atoms with Gasteiger partial charge < -0.3 is 14.7 Å². The van der Waals surface area contributed by atoms with Crippen LogP contribution in [0.2, 0.25) is 0 Å². The molecular formula is C16H20FNO3. The zero-order chi connectivity index (χ0) is 15.4. The van der Waals surface area contributed by atoms with Crippen LogP contribution in [0.15, 0.2) is 24.3 Å². The maximum absolute atomic E-state index is 14.0. The number of rotatable bonds is 4. The molecule has 1 aliphatic heterocycles. The minimum Gasteiger partial charge on any atom is -0.478 e. The van der Waals surface area contributed by atoms with E-state index in [1.54, 1.807) is 13.2 Å². The normalized spacial score (nSPS) is 22.7. The molecule has 0 radical (unpaired) electrons. The highest BCUT2D eigenvalue weighted by Gasteiger charge is 2.27. The fourth-order valence-corrected chi connectivity index (χ4v) is 2.68. The topological polar surface area (TPSA) is 49.8 Å². The van der Waals surface area contributed by atoms with Crippen LogP contribution in [-0.2, 0) is 9.53 Å². The molecule has 1 N–H and O–H groups in total. The smallest absolute Gasteiger partial charge is 0.328 e. The average molecular weight is 293 g/mol. The summed E-state index contributed by atoms with van der Waals surface area (Å²) in [6.45, 7) is 3.62. The molecule has 1 aromatic rings. The second-order valence-electron chi connectivity index (χ2n) is 5.33. The molecule has 2 rings (SSSR count). The first kappa shape index (κ1) is 15.5. The van der Waals surface area contributed by atoms with Gasteiger partial charge in [0.05, 0.1) is 6.10 Å². The van der Waals surface area contributed by atoms with E-state index in [0.717, 1.165) is 19.0 Å². The fourth-order valence-electron chi connectivity index (χ4n) is 2.68. The Labute approximate surface area is 123 Å². The molecule has 1 saturated heterocycles. The Balaban J connectivity index is 2.31. The number of piperidine rings is 1. The number of carboxylic acid groups (broad SMARTS) is 1. The van der Waals surface area contributed by atoms with E-state index in [0.29, 0.717) is 23.7 Å². The molecule has 2 unspecified atom stereocenters. The van der Waals surface area contributed by atoms with E-state index >= 15 is 0 Å². The summed E-state index contributed by atoms with van der Waals surface area (Å²) in [5.41, 5.74) is 1.02. The minimum absolute atomic E-state index is 0.0957. The van der Waals surface area contributed by atoms with Crippen molar-refractivity contribution in [2.75, 3.05) is 25.1 Å². The highest BCUT2D eigenvalue weighted by Crippen LogP contribution is 2.29. The van der Waals surface area contributed by atoms with E-state index in [1.165, 1.54) is 12.1 Å². The van der Waals surface area contributed by atoms with Gasteiger partial charge in [0, 0.05) is 37.5 Å². The summed E-state index contributed by atoms with van der Waals surface area (Å²) < 4.78 is 19.5. The maximum atomic E-state index is 14.0. The first-order chi connectivity index (χ1) is 10.0. The van der Waals surface area contributed by atoms with E-state index in [9.17, 15) is 9.18 Å². The van der Waals surface area contributed by atoms with Crippen molar-refractivity contribution < 1.29 is 19.0 Å². The third-order valence-corrected chi connectivity index (χ3v) is 3.96. The molecule has 5 heteroatoms. The number of hydrogen-bond acceptors (Lipinski definition) is 3. The molecular weight excluding hydrogens is 273 g/mol. The van der Waals surface area contributed by atoms with Gasteiger partial charge in [0.25, 0.3) is 0 Å². The van der Waals surface area contributed by atoms with Crippen LogP contribution in [0.5, 0.6) is 0 Å². The Bertz CT molecular complexity index is 544. The van der Waals surface area contributed by atoms with Crippen LogP contribution in [0.3, 0.4) is 0 Å². The summed E-state index contributed by atoms with van der Waals surface area (Å²) in [5.74, 6) is -1.05. The number of hydrogen-bond donors (Lipinski definition) is 1. The summed E-state index contributed by atoms with van der Waals surface area (Å²) in [4.78, 5) is 12.7. The number of methoxy groups -OCH3 is 1. The number of nitrogens with zero attached hydrogens (tertiary/aromatic N) is 1. The Kier molecular flexibility index (Phi) is 4.96. The molecule has 0 aromatic heterocycles. The summed E-state index contributed by atoms with van der Waals surface area (Å²) in [5, 5.41) is 8.74. The van der Waals surface area contributed by atoms with Gasteiger partial charge in [0.1, 0.15) is 5.82 Å². The first-order valence-corrected chi connectivity index (χ1v) is 7.00. The largest absolute Gasteiger partial charge is 0.478 e. The molecule has 1 aromatic carbocycles. The molecule has 2 atom stereocenters. The van der Waals surface area contributed by atoms with Crippen molar-refractivity contribution in [1.29, 1.82) is 0 Å². The summed E-state index contributed by atoms with van der Waals surface area (Å²) in [6, 6.07) is 4.79. The molecule has 114 valence electrons. The van der Waals surface area contributed by atoms with Crippen molar-refractivity contribution in [1.82, 2.24) is 0 Å². The Morgan fingerprint density at radius 2 is 2.29 bits per heavy atom. The highest BCUT2D eigenvalue weighted by molar-refractivity contribution is 5.87. The lowest BCUT2D eigenvalue weighted by Crippen LogP contribution is -2.44. The van der Waals surface area contributed by atoms with Crippen molar-refractivity contribution in [3.63, 3.8) is 0 Å². The van der Waals surface area contributed by atoms with Gasteiger partial charge in [0.15, 0.2) is 0 Å². The Hall–Kier alpha value is -1.88. The zero-order valence-electron chi connectivity index (χ0n) is 12.3. The molecule has 0 bridgehead atoms. The second-order valence-corrected chi connectivity index (χ2v) is 5.33.